The fraction of sp³-hybridized carbons (Fsp3) is 0.316. The highest BCUT2D eigenvalue weighted by Gasteiger charge is 2.31. The first-order valence-electron chi connectivity index (χ1n) is 8.06. The zero-order chi connectivity index (χ0) is 19.3. The third-order valence-corrected chi connectivity index (χ3v) is 4.02. The topological polar surface area (TPSA) is 83.8 Å². The van der Waals surface area contributed by atoms with E-state index in [2.05, 4.69) is 6.58 Å². The summed E-state index contributed by atoms with van der Waals surface area (Å²) >= 11 is 0. The number of nitrogens with zero attached hydrogens (tertiary/aromatic N) is 1. The number of carbonyl (C=O) groups excluding carboxylic acids is 3. The van der Waals surface area contributed by atoms with E-state index in [1.165, 1.54) is 18.8 Å². The van der Waals surface area contributed by atoms with Gasteiger partial charge in [-0.3, -0.25) is 14.2 Å². The number of hydrogen-bond donors (Lipinski definition) is 0. The van der Waals surface area contributed by atoms with Gasteiger partial charge in [-0.1, -0.05) is 24.8 Å². The molecule has 7 nitrogen and oxygen atoms in total. The van der Waals surface area contributed by atoms with Gasteiger partial charge in [0, 0.05) is 11.6 Å². The summed E-state index contributed by atoms with van der Waals surface area (Å²) in [5.41, 5.74) is 1.99. The van der Waals surface area contributed by atoms with E-state index in [1.54, 1.807) is 31.3 Å². The van der Waals surface area contributed by atoms with E-state index in [9.17, 15) is 14.4 Å². The summed E-state index contributed by atoms with van der Waals surface area (Å²) in [6.07, 6.45) is 2.69. The van der Waals surface area contributed by atoms with Crippen LogP contribution in [0.25, 0.3) is 17.0 Å². The predicted molar refractivity (Wildman–Crippen MR) is 95.7 cm³/mol. The Hall–Kier alpha value is -3.09. The van der Waals surface area contributed by atoms with Crippen LogP contribution in [0, 0.1) is 5.92 Å². The van der Waals surface area contributed by atoms with Crippen LogP contribution < -0.4 is 0 Å². The van der Waals surface area contributed by atoms with Crippen LogP contribution in [0.4, 0.5) is 4.79 Å². The third kappa shape index (κ3) is 3.61. The van der Waals surface area contributed by atoms with Crippen molar-refractivity contribution >= 4 is 35.0 Å². The Morgan fingerprint density at radius 2 is 1.85 bits per heavy atom. The molecule has 1 aromatic heterocycles. The van der Waals surface area contributed by atoms with Crippen molar-refractivity contribution in [3.05, 3.63) is 42.1 Å². The summed E-state index contributed by atoms with van der Waals surface area (Å²) in [4.78, 5) is 36.3. The zero-order valence-corrected chi connectivity index (χ0v) is 15.0. The van der Waals surface area contributed by atoms with Gasteiger partial charge >= 0.3 is 18.0 Å². The van der Waals surface area contributed by atoms with Gasteiger partial charge in [-0.2, -0.15) is 0 Å². The number of ether oxygens (including phenoxy) is 3. The number of carbonyl (C=O) groups is 3. The van der Waals surface area contributed by atoms with Gasteiger partial charge in [0.05, 0.1) is 26.3 Å². The first kappa shape index (κ1) is 19.2. The lowest BCUT2D eigenvalue weighted by atomic mass is 9.97. The van der Waals surface area contributed by atoms with Crippen molar-refractivity contribution in [1.82, 2.24) is 4.57 Å². The molecule has 0 saturated carbocycles. The minimum atomic E-state index is -1.14. The number of benzene rings is 1. The minimum Gasteiger partial charge on any atom is -0.468 e. The second-order valence-corrected chi connectivity index (χ2v) is 5.47. The molecule has 0 amide bonds. The molecule has 0 N–H and O–H groups in total. The lowest BCUT2D eigenvalue weighted by molar-refractivity contribution is -0.158. The summed E-state index contributed by atoms with van der Waals surface area (Å²) in [6, 6.07) is 5.38. The number of fused-ring (bicyclic) bond motifs is 1. The van der Waals surface area contributed by atoms with Crippen molar-refractivity contribution in [2.24, 2.45) is 5.92 Å². The maximum atomic E-state index is 12.3. The van der Waals surface area contributed by atoms with E-state index in [-0.39, 0.29) is 13.0 Å². The predicted octanol–water partition coefficient (Wildman–Crippen LogP) is 2.79. The average Bonchev–Trinajstić information content (AvgIpc) is 3.03. The molecule has 0 saturated heterocycles. The van der Waals surface area contributed by atoms with Crippen LogP contribution in [0.5, 0.6) is 0 Å². The van der Waals surface area contributed by atoms with Crippen molar-refractivity contribution in [3.63, 3.8) is 0 Å². The smallest absolute Gasteiger partial charge is 0.418 e. The van der Waals surface area contributed by atoms with Gasteiger partial charge < -0.3 is 14.2 Å². The summed E-state index contributed by atoms with van der Waals surface area (Å²) in [5.74, 6) is -2.54. The molecule has 0 unspecified atom stereocenters. The van der Waals surface area contributed by atoms with E-state index in [4.69, 9.17) is 14.2 Å². The molecule has 0 aliphatic heterocycles. The highest BCUT2D eigenvalue weighted by Crippen LogP contribution is 2.29. The Morgan fingerprint density at radius 1 is 1.19 bits per heavy atom. The maximum Gasteiger partial charge on any atom is 0.418 e. The second kappa shape index (κ2) is 8.33. The van der Waals surface area contributed by atoms with Crippen molar-refractivity contribution in [2.45, 2.75) is 13.3 Å². The molecule has 0 radical (unpaired) electrons. The van der Waals surface area contributed by atoms with E-state index in [0.717, 1.165) is 5.56 Å². The fourth-order valence-corrected chi connectivity index (χ4v) is 2.83. The molecule has 0 aliphatic carbocycles. The first-order chi connectivity index (χ1) is 12.5. The lowest BCUT2D eigenvalue weighted by Gasteiger charge is -2.12. The molecule has 0 atom stereocenters. The number of aromatic nitrogens is 1. The van der Waals surface area contributed by atoms with E-state index in [0.29, 0.717) is 16.5 Å². The standard InChI is InChI=1S/C19H21NO6/c1-5-12-8-7-9-15-16(12)13(11-20(15)19(23)26-6-2)10-14(17(21)24-3)18(22)25-4/h5,7-9,11,14H,1,6,10H2,2-4H3. The van der Waals surface area contributed by atoms with E-state index >= 15 is 0 Å². The van der Waals surface area contributed by atoms with Gasteiger partial charge in [-0.25, -0.2) is 4.79 Å². The Labute approximate surface area is 151 Å². The van der Waals surface area contributed by atoms with E-state index in [1.807, 2.05) is 6.07 Å². The van der Waals surface area contributed by atoms with Crippen LogP contribution in [0.3, 0.4) is 0 Å². The number of esters is 2. The van der Waals surface area contributed by atoms with Gasteiger partial charge in [0.2, 0.25) is 0 Å². The normalized spacial score (nSPS) is 10.6. The molecule has 0 spiro atoms. The lowest BCUT2D eigenvalue weighted by Crippen LogP contribution is -2.28. The van der Waals surface area contributed by atoms with Crippen molar-refractivity contribution in [1.29, 1.82) is 0 Å². The largest absolute Gasteiger partial charge is 0.468 e. The van der Waals surface area contributed by atoms with E-state index < -0.39 is 23.9 Å². The van der Waals surface area contributed by atoms with Crippen LogP contribution in [-0.2, 0) is 30.2 Å². The Kier molecular flexibility index (Phi) is 6.16. The molecule has 7 heteroatoms. The monoisotopic (exact) mass is 359 g/mol. The number of hydrogen-bond acceptors (Lipinski definition) is 6. The Bertz CT molecular complexity index is 835. The van der Waals surface area contributed by atoms with Crippen LogP contribution in [0.2, 0.25) is 0 Å². The molecule has 2 aromatic rings. The third-order valence-electron chi connectivity index (χ3n) is 4.02. The van der Waals surface area contributed by atoms with Crippen molar-refractivity contribution in [2.75, 3.05) is 20.8 Å². The highest BCUT2D eigenvalue weighted by atomic mass is 16.6. The molecule has 0 aliphatic rings. The summed E-state index contributed by atoms with van der Waals surface area (Å²) < 4.78 is 15.9. The molecule has 1 heterocycles. The second-order valence-electron chi connectivity index (χ2n) is 5.47. The van der Waals surface area contributed by atoms with Crippen LogP contribution in [-0.4, -0.2) is 43.4 Å². The Morgan fingerprint density at radius 3 is 2.38 bits per heavy atom. The maximum absolute atomic E-state index is 12.3. The van der Waals surface area contributed by atoms with Gasteiger partial charge in [0.15, 0.2) is 5.92 Å². The molecular weight excluding hydrogens is 338 g/mol. The molecule has 0 fully saturated rings. The first-order valence-corrected chi connectivity index (χ1v) is 8.06. The van der Waals surface area contributed by atoms with Crippen LogP contribution in [0.1, 0.15) is 18.1 Å². The van der Waals surface area contributed by atoms with Gasteiger partial charge in [0.25, 0.3) is 0 Å². The quantitative estimate of drug-likeness (QED) is 0.448. The van der Waals surface area contributed by atoms with Gasteiger partial charge in [0.1, 0.15) is 0 Å². The minimum absolute atomic E-state index is 0.0209. The molecule has 0 bridgehead atoms. The molecular formula is C19H21NO6. The average molecular weight is 359 g/mol. The van der Waals surface area contributed by atoms with Crippen LogP contribution in [0.15, 0.2) is 31.0 Å². The SMILES string of the molecule is C=Cc1cccc2c1c(CC(C(=O)OC)C(=O)OC)cn2C(=O)OCC. The molecule has 26 heavy (non-hydrogen) atoms. The molecule has 138 valence electrons. The Balaban J connectivity index is 2.61. The fourth-order valence-electron chi connectivity index (χ4n) is 2.83. The zero-order valence-electron chi connectivity index (χ0n) is 15.0. The summed E-state index contributed by atoms with van der Waals surface area (Å²) in [5, 5.41) is 0.716. The van der Waals surface area contributed by atoms with Crippen LogP contribution >= 0.6 is 0 Å². The number of methoxy groups -OCH3 is 2. The highest BCUT2D eigenvalue weighted by molar-refractivity contribution is 5.99. The molecule has 1 aromatic carbocycles. The van der Waals surface area contributed by atoms with Gasteiger partial charge in [-0.05, 0) is 30.5 Å². The number of rotatable bonds is 6. The summed E-state index contributed by atoms with van der Waals surface area (Å²) in [7, 11) is 2.41. The molecule has 2 rings (SSSR count). The van der Waals surface area contributed by atoms with Crippen molar-refractivity contribution < 1.29 is 28.6 Å². The van der Waals surface area contributed by atoms with Crippen molar-refractivity contribution in [3.8, 4) is 0 Å². The van der Waals surface area contributed by atoms with Gasteiger partial charge in [-0.15, -0.1) is 0 Å². The summed E-state index contributed by atoms with van der Waals surface area (Å²) in [6.45, 7) is 5.72.